The van der Waals surface area contributed by atoms with Crippen LogP contribution in [-0.4, -0.2) is 60.7 Å². The highest BCUT2D eigenvalue weighted by atomic mass is 35.5. The largest absolute Gasteiger partial charge is 0.491 e. The predicted molar refractivity (Wildman–Crippen MR) is 190 cm³/mol. The van der Waals surface area contributed by atoms with Crippen LogP contribution in [0.5, 0.6) is 5.75 Å². The van der Waals surface area contributed by atoms with Gasteiger partial charge in [0.15, 0.2) is 0 Å². The predicted octanol–water partition coefficient (Wildman–Crippen LogP) is 6.45. The summed E-state index contributed by atoms with van der Waals surface area (Å²) >= 11 is 7.15. The molecule has 0 spiro atoms. The monoisotopic (exact) mass is 677 g/mol. The highest BCUT2D eigenvalue weighted by molar-refractivity contribution is 6.35. The number of aromatic nitrogens is 6. The van der Waals surface area contributed by atoms with Crippen molar-refractivity contribution in [1.29, 1.82) is 0 Å². The smallest absolute Gasteiger partial charge is 0.354 e. The van der Waals surface area contributed by atoms with E-state index in [2.05, 4.69) is 45.9 Å². The third-order valence-corrected chi connectivity index (χ3v) is 10.4. The van der Waals surface area contributed by atoms with Crippen LogP contribution in [-0.2, 0) is 64.1 Å². The number of benzene rings is 2. The fraction of sp³-hybridized carbons (Fsp3) is 0.368. The van der Waals surface area contributed by atoms with Crippen molar-refractivity contribution in [3.8, 4) is 16.9 Å². The molecule has 2 aliphatic heterocycles. The zero-order chi connectivity index (χ0) is 33.8. The van der Waals surface area contributed by atoms with Crippen molar-refractivity contribution in [1.82, 2.24) is 34.0 Å². The number of hydrogen-bond acceptors (Lipinski definition) is 7. The molecule has 10 nitrogen and oxygen atoms in total. The number of pyridine rings is 1. The minimum absolute atomic E-state index is 0.371. The quantitative estimate of drug-likeness (QED) is 0.185. The van der Waals surface area contributed by atoms with Crippen LogP contribution >= 0.6 is 11.6 Å². The van der Waals surface area contributed by atoms with Crippen molar-refractivity contribution >= 4 is 39.4 Å². The van der Waals surface area contributed by atoms with Crippen molar-refractivity contribution in [3.63, 3.8) is 0 Å². The summed E-state index contributed by atoms with van der Waals surface area (Å²) in [5.74, 6) is 0.401. The van der Waals surface area contributed by atoms with Crippen LogP contribution in [0.3, 0.4) is 0 Å². The first-order valence-electron chi connectivity index (χ1n) is 17.0. The molecule has 8 rings (SSSR count). The first-order valence-corrected chi connectivity index (χ1v) is 17.4. The fourth-order valence-corrected chi connectivity index (χ4v) is 8.13. The number of esters is 1. The summed E-state index contributed by atoms with van der Waals surface area (Å²) in [6, 6.07) is 14.6. The molecule has 8 bridgehead atoms. The van der Waals surface area contributed by atoms with Crippen molar-refractivity contribution in [3.05, 3.63) is 93.3 Å². The van der Waals surface area contributed by atoms with Crippen LogP contribution in [0, 0.1) is 0 Å². The van der Waals surface area contributed by atoms with Gasteiger partial charge in [0.1, 0.15) is 17.0 Å². The fourth-order valence-electron chi connectivity index (χ4n) is 7.88. The summed E-state index contributed by atoms with van der Waals surface area (Å²) in [6.07, 6.45) is 6.78. The number of ether oxygens (including phenoxy) is 2. The lowest BCUT2D eigenvalue weighted by molar-refractivity contribution is 0.0589. The molecule has 49 heavy (non-hydrogen) atoms. The summed E-state index contributed by atoms with van der Waals surface area (Å²) in [6.45, 7) is 2.64. The number of fused-ring (bicyclic) bond motifs is 10. The third kappa shape index (κ3) is 5.56. The van der Waals surface area contributed by atoms with Gasteiger partial charge in [-0.25, -0.2) is 4.79 Å². The van der Waals surface area contributed by atoms with Gasteiger partial charge in [0.2, 0.25) is 0 Å². The Hall–Kier alpha value is -4.67. The van der Waals surface area contributed by atoms with Gasteiger partial charge in [0.25, 0.3) is 0 Å². The third-order valence-electron chi connectivity index (χ3n) is 10.1. The van der Waals surface area contributed by atoms with E-state index in [0.717, 1.165) is 87.9 Å². The van der Waals surface area contributed by atoms with E-state index in [0.29, 0.717) is 43.3 Å². The lowest BCUT2D eigenvalue weighted by Crippen LogP contribution is -2.19. The molecule has 0 atom stereocenters. The van der Waals surface area contributed by atoms with Crippen molar-refractivity contribution in [2.24, 2.45) is 14.1 Å². The van der Waals surface area contributed by atoms with Gasteiger partial charge >= 0.3 is 5.97 Å². The lowest BCUT2D eigenvalue weighted by atomic mass is 9.97. The molecule has 0 unspecified atom stereocenters. The number of carbonyl (C=O) groups excluding carboxylic acids is 1. The van der Waals surface area contributed by atoms with E-state index in [1.165, 1.54) is 24.1 Å². The highest BCUT2D eigenvalue weighted by Gasteiger charge is 2.30. The maximum Gasteiger partial charge on any atom is 0.354 e. The second kappa shape index (κ2) is 12.7. The average molecular weight is 678 g/mol. The Balaban J connectivity index is 1.28. The van der Waals surface area contributed by atoms with Gasteiger partial charge in [-0.3, -0.25) is 19.2 Å². The maximum absolute atomic E-state index is 13.4. The van der Waals surface area contributed by atoms with Crippen LogP contribution in [0.25, 0.3) is 32.9 Å². The van der Waals surface area contributed by atoms with E-state index >= 15 is 0 Å². The molecule has 252 valence electrons. The average Bonchev–Trinajstić information content (AvgIpc) is 3.83. The van der Waals surface area contributed by atoms with E-state index in [1.54, 1.807) is 6.20 Å². The summed E-state index contributed by atoms with van der Waals surface area (Å²) in [5.41, 5.74) is 10.8. The van der Waals surface area contributed by atoms with Gasteiger partial charge in [-0.1, -0.05) is 23.7 Å². The molecular weight excluding hydrogens is 638 g/mol. The van der Waals surface area contributed by atoms with Gasteiger partial charge < -0.3 is 14.0 Å². The van der Waals surface area contributed by atoms with Gasteiger partial charge in [0.05, 0.1) is 35.6 Å². The normalized spacial score (nSPS) is 15.6. The molecule has 6 aromatic rings. The Kier molecular flexibility index (Phi) is 8.16. The number of rotatable bonds is 1. The molecular formula is C38H40ClN7O3. The summed E-state index contributed by atoms with van der Waals surface area (Å²) in [5, 5.41) is 12.7. The van der Waals surface area contributed by atoms with Crippen molar-refractivity contribution in [2.75, 3.05) is 20.8 Å². The zero-order valence-electron chi connectivity index (χ0n) is 28.4. The zero-order valence-corrected chi connectivity index (χ0v) is 29.2. The Morgan fingerprint density at radius 2 is 1.84 bits per heavy atom. The minimum atomic E-state index is -0.371. The van der Waals surface area contributed by atoms with Crippen LogP contribution in [0.15, 0.2) is 48.7 Å². The number of aryl methyl sites for hydroxylation is 6. The summed E-state index contributed by atoms with van der Waals surface area (Å²) < 4.78 is 17.9. The van der Waals surface area contributed by atoms with Crippen LogP contribution in [0.2, 0.25) is 5.02 Å². The number of carbonyl (C=O) groups is 1. The number of methoxy groups -OCH3 is 1. The molecule has 11 heteroatoms. The first kappa shape index (κ1) is 31.6. The number of halogens is 1. The molecule has 2 aromatic carbocycles. The SMILES string of the molecule is COC(=O)c1c2c3ccc(Cl)c(c3n1C)-c1c(nn3c1CCC3)CN(C)Cc1cc(n(C)n1)CCc1cc(c3ncccc3c1)OCCC2. The van der Waals surface area contributed by atoms with Gasteiger partial charge in [-0.05, 0) is 87.0 Å². The van der Waals surface area contributed by atoms with Crippen molar-refractivity contribution < 1.29 is 14.3 Å². The van der Waals surface area contributed by atoms with Gasteiger partial charge in [-0.2, -0.15) is 10.2 Å². The molecule has 0 saturated carbocycles. The Bertz CT molecular complexity index is 2250. The summed E-state index contributed by atoms with van der Waals surface area (Å²) in [7, 11) is 7.50. The molecule has 0 aliphatic carbocycles. The van der Waals surface area contributed by atoms with Crippen molar-refractivity contribution in [2.45, 2.75) is 58.2 Å². The Morgan fingerprint density at radius 1 is 0.959 bits per heavy atom. The summed E-state index contributed by atoms with van der Waals surface area (Å²) in [4.78, 5) is 20.3. The second-order valence-corrected chi connectivity index (χ2v) is 13.7. The van der Waals surface area contributed by atoms with Crippen LogP contribution in [0.4, 0.5) is 0 Å². The highest BCUT2D eigenvalue weighted by Crippen LogP contribution is 2.43. The number of hydrogen-bond donors (Lipinski definition) is 0. The van der Waals surface area contributed by atoms with E-state index in [-0.39, 0.29) is 5.97 Å². The molecule has 2 aliphatic rings. The molecule has 6 heterocycles. The van der Waals surface area contributed by atoms with E-state index in [4.69, 9.17) is 31.3 Å². The molecule has 4 aromatic heterocycles. The van der Waals surface area contributed by atoms with Gasteiger partial charge in [0, 0.05) is 73.2 Å². The molecule has 0 fully saturated rings. The van der Waals surface area contributed by atoms with Gasteiger partial charge in [-0.15, -0.1) is 0 Å². The van der Waals surface area contributed by atoms with E-state index in [9.17, 15) is 4.79 Å². The molecule has 0 saturated heterocycles. The Morgan fingerprint density at radius 3 is 2.69 bits per heavy atom. The molecule has 0 amide bonds. The Labute approximate surface area is 290 Å². The van der Waals surface area contributed by atoms with Crippen LogP contribution in [0.1, 0.15) is 57.2 Å². The second-order valence-electron chi connectivity index (χ2n) is 13.3. The minimum Gasteiger partial charge on any atom is -0.491 e. The first-order chi connectivity index (χ1) is 23.8. The number of nitrogens with zero attached hydrogens (tertiary/aromatic N) is 7. The lowest BCUT2D eigenvalue weighted by Gasteiger charge is -2.17. The molecule has 0 N–H and O–H groups in total. The standard InChI is InChI=1S/C38H40ClN7O3/c1-43-21-25-20-26(45(3)41-25)12-11-23-18-24-8-5-15-40-35(24)32(19-23)49-17-7-9-27-28-13-14-29(39)33(36(28)44(2)37(27)38(47)48-4)34-30(22-43)42-46-16-6-10-31(34)46/h5,8,13-15,18-20H,6-7,9-12,16-17,21-22H2,1-4H3. The van der Waals surface area contributed by atoms with E-state index < -0.39 is 0 Å². The molecule has 0 radical (unpaired) electrons. The van der Waals surface area contributed by atoms with Crippen LogP contribution < -0.4 is 4.74 Å². The topological polar surface area (TPSA) is 92.2 Å². The van der Waals surface area contributed by atoms with E-state index in [1.807, 2.05) is 41.5 Å². The maximum atomic E-state index is 13.4.